The Labute approximate surface area is 268 Å². The third-order valence-electron chi connectivity index (χ3n) is 8.08. The van der Waals surface area contributed by atoms with Crippen LogP contribution >= 0.6 is 11.3 Å². The van der Waals surface area contributed by atoms with Gasteiger partial charge in [0.25, 0.3) is 0 Å². The molecule has 5 heteroatoms. The van der Waals surface area contributed by atoms with E-state index in [2.05, 4.69) is 77.9 Å². The summed E-state index contributed by atoms with van der Waals surface area (Å²) in [6, 6.07) is 33.2. The fraction of sp³-hybridized carbons (Fsp3) is 0.200. The fourth-order valence-corrected chi connectivity index (χ4v) is 6.40. The zero-order valence-electron chi connectivity index (χ0n) is 26.5. The number of phenolic OH excluding ortho intramolecular Hbond substituents is 1. The van der Waals surface area contributed by atoms with Crippen LogP contribution in [0, 0.1) is 5.82 Å². The van der Waals surface area contributed by atoms with E-state index < -0.39 is 0 Å². The van der Waals surface area contributed by atoms with Crippen LogP contribution in [0.15, 0.2) is 108 Å². The molecule has 45 heavy (non-hydrogen) atoms. The minimum atomic E-state index is -0.246. The van der Waals surface area contributed by atoms with E-state index >= 15 is 0 Å². The third-order valence-corrected chi connectivity index (χ3v) is 9.12. The summed E-state index contributed by atoms with van der Waals surface area (Å²) >= 11 is 1.66. The van der Waals surface area contributed by atoms with Gasteiger partial charge in [0.1, 0.15) is 16.6 Å². The average molecular weight is 613 g/mol. The van der Waals surface area contributed by atoms with Crippen molar-refractivity contribution >= 4 is 33.5 Å². The Morgan fingerprint density at radius 2 is 1.40 bits per heavy atom. The number of aromatic nitrogens is 1. The van der Waals surface area contributed by atoms with E-state index in [4.69, 9.17) is 9.98 Å². The van der Waals surface area contributed by atoms with Crippen molar-refractivity contribution in [3.63, 3.8) is 0 Å². The van der Waals surface area contributed by atoms with E-state index in [1.165, 1.54) is 17.7 Å². The summed E-state index contributed by atoms with van der Waals surface area (Å²) in [4.78, 5) is 10.1. The Morgan fingerprint density at radius 3 is 2.13 bits per heavy atom. The second kappa shape index (κ2) is 11.7. The molecule has 6 aromatic rings. The largest absolute Gasteiger partial charge is 0.507 e. The number of thiazole rings is 1. The lowest BCUT2D eigenvalue weighted by Gasteiger charge is -2.20. The van der Waals surface area contributed by atoms with Crippen LogP contribution in [-0.2, 0) is 10.8 Å². The number of hydrogen-bond donors (Lipinski definition) is 1. The summed E-state index contributed by atoms with van der Waals surface area (Å²) < 4.78 is 14.7. The molecule has 0 saturated carbocycles. The molecule has 3 nitrogen and oxygen atoms in total. The topological polar surface area (TPSA) is 45.5 Å². The summed E-state index contributed by atoms with van der Waals surface area (Å²) in [6.45, 7) is 13.1. The number of rotatable bonds is 5. The van der Waals surface area contributed by atoms with Crippen molar-refractivity contribution in [3.8, 4) is 38.6 Å². The highest BCUT2D eigenvalue weighted by Gasteiger charge is 2.21. The number of hydrogen-bond acceptors (Lipinski definition) is 4. The molecule has 0 aliphatic rings. The Kier molecular flexibility index (Phi) is 7.92. The smallest absolute Gasteiger partial charge is 0.126 e. The highest BCUT2D eigenvalue weighted by atomic mass is 32.1. The van der Waals surface area contributed by atoms with E-state index in [0.29, 0.717) is 5.56 Å². The van der Waals surface area contributed by atoms with Crippen molar-refractivity contribution in [3.05, 3.63) is 126 Å². The number of para-hydroxylation sites is 1. The number of benzene rings is 5. The van der Waals surface area contributed by atoms with Gasteiger partial charge < -0.3 is 5.11 Å². The first-order chi connectivity index (χ1) is 21.4. The maximum absolute atomic E-state index is 13.6. The molecular formula is C40H37FN2OS. The van der Waals surface area contributed by atoms with Crippen LogP contribution < -0.4 is 0 Å². The van der Waals surface area contributed by atoms with Crippen molar-refractivity contribution in [2.24, 2.45) is 4.99 Å². The minimum Gasteiger partial charge on any atom is -0.507 e. The van der Waals surface area contributed by atoms with Crippen LogP contribution in [0.2, 0.25) is 0 Å². The lowest BCUT2D eigenvalue weighted by atomic mass is 9.85. The zero-order valence-corrected chi connectivity index (χ0v) is 27.3. The molecule has 226 valence electrons. The Hall–Kier alpha value is -4.61. The lowest BCUT2D eigenvalue weighted by molar-refractivity contribution is 0.473. The van der Waals surface area contributed by atoms with E-state index in [9.17, 15) is 9.50 Å². The first-order valence-electron chi connectivity index (χ1n) is 15.2. The highest BCUT2D eigenvalue weighted by Crippen LogP contribution is 2.42. The normalized spacial score (nSPS) is 12.3. The van der Waals surface area contributed by atoms with Crippen molar-refractivity contribution < 1.29 is 9.50 Å². The molecule has 0 radical (unpaired) electrons. The summed E-state index contributed by atoms with van der Waals surface area (Å²) in [7, 11) is 0. The van der Waals surface area contributed by atoms with Gasteiger partial charge in [-0.1, -0.05) is 90.1 Å². The molecule has 0 spiro atoms. The van der Waals surface area contributed by atoms with E-state index in [-0.39, 0.29) is 22.4 Å². The molecule has 5 aromatic carbocycles. The molecule has 6 rings (SSSR count). The number of fused-ring (bicyclic) bond motifs is 1. The van der Waals surface area contributed by atoms with Gasteiger partial charge in [0.05, 0.1) is 15.9 Å². The highest BCUT2D eigenvalue weighted by molar-refractivity contribution is 7.21. The van der Waals surface area contributed by atoms with Crippen molar-refractivity contribution in [2.45, 2.75) is 52.4 Å². The van der Waals surface area contributed by atoms with E-state index in [1.54, 1.807) is 23.6 Å². The minimum absolute atomic E-state index is 0.0443. The lowest BCUT2D eigenvalue weighted by Crippen LogP contribution is -2.11. The molecule has 0 aliphatic heterocycles. The van der Waals surface area contributed by atoms with Crippen molar-refractivity contribution in [1.82, 2.24) is 4.98 Å². The second-order valence-corrected chi connectivity index (χ2v) is 14.6. The van der Waals surface area contributed by atoms with Gasteiger partial charge in [-0.15, -0.1) is 11.3 Å². The van der Waals surface area contributed by atoms with Gasteiger partial charge in [0.15, 0.2) is 0 Å². The molecule has 0 saturated heterocycles. The summed E-state index contributed by atoms with van der Waals surface area (Å²) in [5.41, 5.74) is 9.71. The SMILES string of the molecule is CC(C)(C)c1ccc(O)c(C=Nc2ccccc2-c2nc3c(-c4cccc(-c5ccc(F)cc5)c4)cc(C(C)(C)C)cc3s2)c1. The molecule has 1 heterocycles. The van der Waals surface area contributed by atoms with Crippen LogP contribution in [0.5, 0.6) is 5.75 Å². The van der Waals surface area contributed by atoms with Gasteiger partial charge >= 0.3 is 0 Å². The standard InChI is InChI=1S/C40H37FN2OS/c1-39(2,3)29-16-19-35(44)28(21-29)24-42-34-13-8-7-12-32(34)38-43-37-33(22-30(40(4,5)6)23-36(37)45-38)27-11-9-10-26(20-27)25-14-17-31(41)18-15-25/h7-24,44H,1-6H3. The number of phenols is 1. The van der Waals surface area contributed by atoms with Crippen molar-refractivity contribution in [1.29, 1.82) is 0 Å². The first kappa shape index (κ1) is 30.4. The van der Waals surface area contributed by atoms with Crippen LogP contribution in [0.25, 0.3) is 43.0 Å². The summed E-state index contributed by atoms with van der Waals surface area (Å²) in [5.74, 6) is -0.0456. The quantitative estimate of drug-likeness (QED) is 0.197. The van der Waals surface area contributed by atoms with Gasteiger partial charge in [-0.05, 0) is 93.2 Å². The van der Waals surface area contributed by atoms with Gasteiger partial charge in [-0.3, -0.25) is 4.99 Å². The predicted molar refractivity (Wildman–Crippen MR) is 189 cm³/mol. The Morgan fingerprint density at radius 1 is 0.689 bits per heavy atom. The molecule has 1 aromatic heterocycles. The molecule has 0 aliphatic carbocycles. The molecule has 0 unspecified atom stereocenters. The van der Waals surface area contributed by atoms with Crippen LogP contribution in [0.3, 0.4) is 0 Å². The third kappa shape index (κ3) is 6.45. The maximum atomic E-state index is 13.6. The predicted octanol–water partition coefficient (Wildman–Crippen LogP) is 11.5. The molecule has 0 atom stereocenters. The van der Waals surface area contributed by atoms with Gasteiger partial charge in [-0.2, -0.15) is 0 Å². The van der Waals surface area contributed by atoms with Gasteiger partial charge in [0, 0.05) is 22.9 Å². The Balaban J connectivity index is 1.46. The summed E-state index contributed by atoms with van der Waals surface area (Å²) in [5, 5.41) is 11.5. The summed E-state index contributed by atoms with van der Waals surface area (Å²) in [6.07, 6.45) is 1.74. The molecule has 1 N–H and O–H groups in total. The van der Waals surface area contributed by atoms with E-state index in [0.717, 1.165) is 54.3 Å². The van der Waals surface area contributed by atoms with Crippen LogP contribution in [0.4, 0.5) is 10.1 Å². The van der Waals surface area contributed by atoms with Crippen molar-refractivity contribution in [2.75, 3.05) is 0 Å². The van der Waals surface area contributed by atoms with Crippen LogP contribution in [0.1, 0.15) is 58.2 Å². The molecule has 0 amide bonds. The molecular weight excluding hydrogens is 576 g/mol. The zero-order chi connectivity index (χ0) is 31.9. The first-order valence-corrected chi connectivity index (χ1v) is 16.0. The van der Waals surface area contributed by atoms with Gasteiger partial charge in [0.2, 0.25) is 0 Å². The molecule has 0 fully saturated rings. The van der Waals surface area contributed by atoms with Gasteiger partial charge in [-0.25, -0.2) is 9.37 Å². The monoisotopic (exact) mass is 612 g/mol. The second-order valence-electron chi connectivity index (χ2n) is 13.5. The molecule has 0 bridgehead atoms. The number of halogens is 1. The maximum Gasteiger partial charge on any atom is 0.126 e. The van der Waals surface area contributed by atoms with E-state index in [1.807, 2.05) is 48.5 Å². The van der Waals surface area contributed by atoms with Crippen LogP contribution in [-0.4, -0.2) is 16.3 Å². The Bertz CT molecular complexity index is 2040. The number of aromatic hydroxyl groups is 1. The number of aliphatic imine (C=N–C) groups is 1. The average Bonchev–Trinajstić information content (AvgIpc) is 3.44. The fourth-order valence-electron chi connectivity index (χ4n) is 5.34. The number of nitrogens with zero attached hydrogens (tertiary/aromatic N) is 2.